The summed E-state index contributed by atoms with van der Waals surface area (Å²) < 4.78 is 12.8. The van der Waals surface area contributed by atoms with Gasteiger partial charge in [-0.15, -0.1) is 0 Å². The molecule has 1 aromatic carbocycles. The first-order valence-corrected chi connectivity index (χ1v) is 3.87. The van der Waals surface area contributed by atoms with Gasteiger partial charge in [-0.3, -0.25) is 0 Å². The molecule has 0 saturated heterocycles. The molecule has 2 rings (SSSR count). The van der Waals surface area contributed by atoms with Crippen LogP contribution in [0.4, 0.5) is 10.1 Å². The van der Waals surface area contributed by atoms with Crippen LogP contribution in [0.5, 0.6) is 0 Å². The van der Waals surface area contributed by atoms with Crippen molar-refractivity contribution in [3.8, 4) is 0 Å². The van der Waals surface area contributed by atoms with E-state index in [9.17, 15) is 4.39 Å². The highest BCUT2D eigenvalue weighted by Gasteiger charge is 2.12. The van der Waals surface area contributed by atoms with Crippen molar-refractivity contribution in [3.05, 3.63) is 28.5 Å². The van der Waals surface area contributed by atoms with E-state index in [0.717, 1.165) is 24.2 Å². The summed E-state index contributed by atoms with van der Waals surface area (Å²) in [6.07, 6.45) is 0.940. The Kier molecular flexibility index (Phi) is 1.50. The van der Waals surface area contributed by atoms with Gasteiger partial charge < -0.3 is 5.32 Å². The number of hydrogen-bond donors (Lipinski definition) is 1. The Labute approximate surface area is 69.2 Å². The maximum Gasteiger partial charge on any atom is 0.143 e. The SMILES string of the molecule is Fc1cc2c(cc1Cl)CCN2. The molecule has 1 heterocycles. The van der Waals surface area contributed by atoms with Gasteiger partial charge in [-0.05, 0) is 24.1 Å². The fourth-order valence-electron chi connectivity index (χ4n) is 1.29. The fourth-order valence-corrected chi connectivity index (χ4v) is 1.48. The van der Waals surface area contributed by atoms with Gasteiger partial charge in [0, 0.05) is 12.2 Å². The number of fused-ring (bicyclic) bond motifs is 1. The van der Waals surface area contributed by atoms with Crippen LogP contribution in [0.3, 0.4) is 0 Å². The van der Waals surface area contributed by atoms with Crippen LogP contribution in [0.2, 0.25) is 5.02 Å². The first kappa shape index (κ1) is 6.92. The van der Waals surface area contributed by atoms with Crippen LogP contribution in [0.15, 0.2) is 12.1 Å². The van der Waals surface area contributed by atoms with Gasteiger partial charge in [0.15, 0.2) is 0 Å². The Morgan fingerprint density at radius 1 is 1.45 bits per heavy atom. The van der Waals surface area contributed by atoms with Crippen LogP contribution in [0.1, 0.15) is 5.56 Å². The van der Waals surface area contributed by atoms with Gasteiger partial charge in [-0.2, -0.15) is 0 Å². The summed E-state index contributed by atoms with van der Waals surface area (Å²) in [5.41, 5.74) is 1.99. The van der Waals surface area contributed by atoms with Gasteiger partial charge in [0.1, 0.15) is 5.82 Å². The first-order valence-electron chi connectivity index (χ1n) is 3.49. The lowest BCUT2D eigenvalue weighted by molar-refractivity contribution is 0.628. The highest BCUT2D eigenvalue weighted by Crippen LogP contribution is 2.27. The summed E-state index contributed by atoms with van der Waals surface area (Å²) in [5.74, 6) is -0.347. The minimum atomic E-state index is -0.347. The van der Waals surface area contributed by atoms with Crippen LogP contribution in [0, 0.1) is 5.82 Å². The van der Waals surface area contributed by atoms with Crippen molar-refractivity contribution in [2.45, 2.75) is 6.42 Å². The van der Waals surface area contributed by atoms with Crippen molar-refractivity contribution in [1.82, 2.24) is 0 Å². The van der Waals surface area contributed by atoms with Crippen molar-refractivity contribution in [3.63, 3.8) is 0 Å². The summed E-state index contributed by atoms with van der Waals surface area (Å²) in [6.45, 7) is 0.884. The second-order valence-corrected chi connectivity index (χ2v) is 3.01. The van der Waals surface area contributed by atoms with Crippen molar-refractivity contribution in [1.29, 1.82) is 0 Å². The van der Waals surface area contributed by atoms with E-state index in [1.54, 1.807) is 6.07 Å². The van der Waals surface area contributed by atoms with Crippen molar-refractivity contribution >= 4 is 17.3 Å². The lowest BCUT2D eigenvalue weighted by Crippen LogP contribution is -1.91. The molecule has 1 nitrogen and oxygen atoms in total. The minimum absolute atomic E-state index is 0.215. The van der Waals surface area contributed by atoms with Gasteiger partial charge >= 0.3 is 0 Å². The fraction of sp³-hybridized carbons (Fsp3) is 0.250. The molecule has 58 valence electrons. The molecule has 0 saturated carbocycles. The molecular formula is C8H7ClFN. The zero-order chi connectivity index (χ0) is 7.84. The molecule has 0 aliphatic carbocycles. The molecule has 0 radical (unpaired) electrons. The van der Waals surface area contributed by atoms with E-state index in [1.165, 1.54) is 6.07 Å². The molecule has 0 aromatic heterocycles. The van der Waals surface area contributed by atoms with Gasteiger partial charge in [-0.25, -0.2) is 4.39 Å². The maximum absolute atomic E-state index is 12.8. The molecule has 1 aliphatic heterocycles. The van der Waals surface area contributed by atoms with Crippen LogP contribution < -0.4 is 5.32 Å². The molecule has 1 aliphatic rings. The Hall–Kier alpha value is -0.760. The summed E-state index contributed by atoms with van der Waals surface area (Å²) in [4.78, 5) is 0. The molecule has 0 spiro atoms. The maximum atomic E-state index is 12.8. The third-order valence-corrected chi connectivity index (χ3v) is 2.15. The Bertz CT molecular complexity index is 269. The standard InChI is InChI=1S/C8H7ClFN/c9-6-3-5-1-2-11-8(5)4-7(6)10/h3-4,11H,1-2H2. The number of nitrogens with one attached hydrogen (secondary N) is 1. The molecule has 11 heavy (non-hydrogen) atoms. The molecule has 0 unspecified atom stereocenters. The molecular weight excluding hydrogens is 165 g/mol. The Morgan fingerprint density at radius 3 is 3.09 bits per heavy atom. The van der Waals surface area contributed by atoms with Gasteiger partial charge in [-0.1, -0.05) is 11.6 Å². The number of halogens is 2. The smallest absolute Gasteiger partial charge is 0.143 e. The van der Waals surface area contributed by atoms with E-state index in [2.05, 4.69) is 5.32 Å². The van der Waals surface area contributed by atoms with Crippen LogP contribution in [-0.2, 0) is 6.42 Å². The highest BCUT2D eigenvalue weighted by molar-refractivity contribution is 6.30. The molecule has 1 aromatic rings. The first-order chi connectivity index (χ1) is 5.27. The largest absolute Gasteiger partial charge is 0.384 e. The second-order valence-electron chi connectivity index (χ2n) is 2.60. The number of rotatable bonds is 0. The summed E-state index contributed by atoms with van der Waals surface area (Å²) in [5, 5.41) is 3.28. The van der Waals surface area contributed by atoms with E-state index in [4.69, 9.17) is 11.6 Å². The highest BCUT2D eigenvalue weighted by atomic mass is 35.5. The van der Waals surface area contributed by atoms with Crippen molar-refractivity contribution < 1.29 is 4.39 Å². The molecule has 0 bridgehead atoms. The van der Waals surface area contributed by atoms with Gasteiger partial charge in [0.05, 0.1) is 5.02 Å². The average molecular weight is 172 g/mol. The number of anilines is 1. The topological polar surface area (TPSA) is 12.0 Å². The summed E-state index contributed by atoms with van der Waals surface area (Å²) in [7, 11) is 0. The van der Waals surface area contributed by atoms with Gasteiger partial charge in [0.25, 0.3) is 0 Å². The Balaban J connectivity index is 2.57. The number of hydrogen-bond acceptors (Lipinski definition) is 1. The zero-order valence-electron chi connectivity index (χ0n) is 5.82. The third kappa shape index (κ3) is 1.07. The van der Waals surface area contributed by atoms with Crippen LogP contribution in [-0.4, -0.2) is 6.54 Å². The summed E-state index contributed by atoms with van der Waals surface area (Å²) >= 11 is 5.59. The van der Waals surface area contributed by atoms with E-state index < -0.39 is 0 Å². The molecule has 0 amide bonds. The van der Waals surface area contributed by atoms with Crippen molar-refractivity contribution in [2.75, 3.05) is 11.9 Å². The van der Waals surface area contributed by atoms with Gasteiger partial charge in [0.2, 0.25) is 0 Å². The van der Waals surface area contributed by atoms with E-state index in [1.807, 2.05) is 0 Å². The quantitative estimate of drug-likeness (QED) is 0.632. The molecule has 1 N–H and O–H groups in total. The lowest BCUT2D eigenvalue weighted by atomic mass is 10.2. The van der Waals surface area contributed by atoms with E-state index >= 15 is 0 Å². The average Bonchev–Trinajstić information content (AvgIpc) is 2.36. The van der Waals surface area contributed by atoms with Crippen molar-refractivity contribution in [2.24, 2.45) is 0 Å². The normalized spacial score (nSPS) is 14.4. The molecule has 0 atom stereocenters. The van der Waals surface area contributed by atoms with Crippen LogP contribution in [0.25, 0.3) is 0 Å². The van der Waals surface area contributed by atoms with E-state index in [0.29, 0.717) is 0 Å². The third-order valence-electron chi connectivity index (χ3n) is 1.86. The zero-order valence-corrected chi connectivity index (χ0v) is 6.58. The molecule has 3 heteroatoms. The number of benzene rings is 1. The molecule has 0 fully saturated rings. The van der Waals surface area contributed by atoms with E-state index in [-0.39, 0.29) is 10.8 Å². The Morgan fingerprint density at radius 2 is 2.27 bits per heavy atom. The predicted molar refractivity (Wildman–Crippen MR) is 43.6 cm³/mol. The lowest BCUT2D eigenvalue weighted by Gasteiger charge is -2.00. The van der Waals surface area contributed by atoms with Crippen LogP contribution >= 0.6 is 11.6 Å². The summed E-state index contributed by atoms with van der Waals surface area (Å²) in [6, 6.07) is 3.14. The predicted octanol–water partition coefficient (Wildman–Crippen LogP) is 2.45. The monoisotopic (exact) mass is 171 g/mol. The minimum Gasteiger partial charge on any atom is -0.384 e. The second kappa shape index (κ2) is 2.38.